The van der Waals surface area contributed by atoms with Crippen LogP contribution in [0.15, 0.2) is 64.5 Å². The van der Waals surface area contributed by atoms with Gasteiger partial charge in [0, 0.05) is 17.7 Å². The molecule has 0 saturated carbocycles. The van der Waals surface area contributed by atoms with Crippen molar-refractivity contribution in [3.8, 4) is 22.8 Å². The minimum Gasteiger partial charge on any atom is -0.497 e. The first kappa shape index (κ1) is 20.5. The molecule has 0 aliphatic heterocycles. The van der Waals surface area contributed by atoms with Gasteiger partial charge in [0.05, 0.1) is 30.9 Å². The Balaban J connectivity index is 1.77. The lowest BCUT2D eigenvalue weighted by Gasteiger charge is -2.15. The summed E-state index contributed by atoms with van der Waals surface area (Å²) < 4.78 is 10.5. The number of nitrogens with zero attached hydrogens (tertiary/aromatic N) is 1. The summed E-state index contributed by atoms with van der Waals surface area (Å²) in [5.41, 5.74) is 1.62. The quantitative estimate of drug-likeness (QED) is 0.456. The summed E-state index contributed by atoms with van der Waals surface area (Å²) in [5.74, 6) is 0.867. The van der Waals surface area contributed by atoms with Gasteiger partial charge in [0.2, 0.25) is 5.91 Å². The maximum atomic E-state index is 12.7. The van der Waals surface area contributed by atoms with E-state index >= 15 is 0 Å². The monoisotopic (exact) mass is 411 g/mol. The molecule has 1 amide bonds. The summed E-state index contributed by atoms with van der Waals surface area (Å²) in [7, 11) is 3.08. The van der Waals surface area contributed by atoms with Crippen molar-refractivity contribution in [1.82, 2.24) is 9.97 Å². The highest BCUT2D eigenvalue weighted by atomic mass is 32.2. The minimum atomic E-state index is -0.514. The zero-order chi connectivity index (χ0) is 20.8. The van der Waals surface area contributed by atoms with E-state index < -0.39 is 5.25 Å². The number of amides is 1. The highest BCUT2D eigenvalue weighted by Gasteiger charge is 2.18. The van der Waals surface area contributed by atoms with Gasteiger partial charge in [-0.1, -0.05) is 42.1 Å². The number of thioether (sulfide) groups is 1. The lowest BCUT2D eigenvalue weighted by atomic mass is 10.1. The molecular weight excluding hydrogens is 390 g/mol. The zero-order valence-electron chi connectivity index (χ0n) is 16.3. The Bertz CT molecular complexity index is 1050. The third kappa shape index (κ3) is 5.17. The number of H-pyrrole nitrogens is 1. The van der Waals surface area contributed by atoms with Crippen LogP contribution < -0.4 is 20.3 Å². The van der Waals surface area contributed by atoms with Crippen molar-refractivity contribution in [2.75, 3.05) is 19.5 Å². The number of nitrogens with one attached hydrogen (secondary N) is 2. The highest BCUT2D eigenvalue weighted by molar-refractivity contribution is 8.00. The Kier molecular flexibility index (Phi) is 6.56. The van der Waals surface area contributed by atoms with Gasteiger partial charge in [-0.2, -0.15) is 0 Å². The van der Waals surface area contributed by atoms with Crippen molar-refractivity contribution in [2.24, 2.45) is 0 Å². The first-order valence-electron chi connectivity index (χ1n) is 8.86. The van der Waals surface area contributed by atoms with Crippen LogP contribution in [-0.2, 0) is 4.79 Å². The maximum Gasteiger partial charge on any atom is 0.252 e. The Morgan fingerprint density at radius 1 is 1.10 bits per heavy atom. The minimum absolute atomic E-state index is 0.255. The van der Waals surface area contributed by atoms with E-state index in [0.717, 1.165) is 5.56 Å². The topological polar surface area (TPSA) is 93.3 Å². The summed E-state index contributed by atoms with van der Waals surface area (Å²) in [5, 5.41) is 2.69. The number of carbonyl (C=O) groups excluding carboxylic acids is 1. The average Bonchev–Trinajstić information content (AvgIpc) is 2.73. The SMILES string of the molecule is COc1ccc(OC)c(NC(=O)C(C)Sc2nc(-c3ccccc3)cc(=O)[nH]2)c1. The van der Waals surface area contributed by atoms with E-state index in [2.05, 4.69) is 15.3 Å². The van der Waals surface area contributed by atoms with Gasteiger partial charge >= 0.3 is 0 Å². The van der Waals surface area contributed by atoms with Gasteiger partial charge in [-0.3, -0.25) is 9.59 Å². The van der Waals surface area contributed by atoms with Gasteiger partial charge in [0.1, 0.15) is 11.5 Å². The standard InChI is InChI=1S/C21H21N3O4S/c1-13(20(26)22-17-11-15(27-2)9-10-18(17)28-3)29-21-23-16(12-19(25)24-21)14-7-5-4-6-8-14/h4-13H,1-3H3,(H,22,26)(H,23,24,25). The third-order valence-corrected chi connectivity index (χ3v) is 5.10. The number of hydrogen-bond acceptors (Lipinski definition) is 6. The van der Waals surface area contributed by atoms with E-state index in [1.807, 2.05) is 30.3 Å². The molecule has 1 unspecified atom stereocenters. The number of rotatable bonds is 7. The fourth-order valence-corrected chi connectivity index (χ4v) is 3.43. The van der Waals surface area contributed by atoms with Crippen LogP contribution in [0.4, 0.5) is 5.69 Å². The van der Waals surface area contributed by atoms with Crippen LogP contribution in [0, 0.1) is 0 Å². The number of methoxy groups -OCH3 is 2. The molecular formula is C21H21N3O4S. The summed E-state index contributed by atoms with van der Waals surface area (Å²) in [6.07, 6.45) is 0. The number of aromatic nitrogens is 2. The van der Waals surface area contributed by atoms with Crippen LogP contribution in [0.2, 0.25) is 0 Å². The number of anilines is 1. The van der Waals surface area contributed by atoms with E-state index in [1.165, 1.54) is 24.9 Å². The normalized spacial score (nSPS) is 11.6. The van der Waals surface area contributed by atoms with E-state index in [0.29, 0.717) is 28.0 Å². The molecule has 0 spiro atoms. The van der Waals surface area contributed by atoms with Crippen LogP contribution in [0.3, 0.4) is 0 Å². The van der Waals surface area contributed by atoms with E-state index in [4.69, 9.17) is 9.47 Å². The summed E-state index contributed by atoms with van der Waals surface area (Å²) in [6.45, 7) is 1.74. The van der Waals surface area contributed by atoms with Crippen molar-refractivity contribution in [2.45, 2.75) is 17.3 Å². The van der Waals surface area contributed by atoms with Crippen molar-refractivity contribution < 1.29 is 14.3 Å². The third-order valence-electron chi connectivity index (χ3n) is 4.11. The molecule has 1 atom stereocenters. The highest BCUT2D eigenvalue weighted by Crippen LogP contribution is 2.30. The largest absolute Gasteiger partial charge is 0.497 e. The lowest BCUT2D eigenvalue weighted by molar-refractivity contribution is -0.115. The predicted octanol–water partition coefficient (Wildman–Crippen LogP) is 3.57. The Labute approximate surface area is 172 Å². The van der Waals surface area contributed by atoms with E-state index in [1.54, 1.807) is 32.2 Å². The second-order valence-electron chi connectivity index (χ2n) is 6.12. The molecule has 0 aliphatic carbocycles. The van der Waals surface area contributed by atoms with Gasteiger partial charge < -0.3 is 19.8 Å². The first-order chi connectivity index (χ1) is 14.0. The summed E-state index contributed by atoms with van der Waals surface area (Å²) in [4.78, 5) is 31.9. The van der Waals surface area contributed by atoms with Gasteiger partial charge in [-0.25, -0.2) is 4.98 Å². The number of aromatic amines is 1. The predicted molar refractivity (Wildman–Crippen MR) is 114 cm³/mol. The molecule has 2 aromatic carbocycles. The van der Waals surface area contributed by atoms with Gasteiger partial charge in [0.25, 0.3) is 5.56 Å². The Morgan fingerprint density at radius 3 is 2.55 bits per heavy atom. The van der Waals surface area contributed by atoms with Gasteiger partial charge in [0.15, 0.2) is 5.16 Å². The molecule has 3 rings (SSSR count). The molecule has 1 aromatic heterocycles. The molecule has 150 valence electrons. The molecule has 0 aliphatic rings. The van der Waals surface area contributed by atoms with Crippen molar-refractivity contribution in [3.63, 3.8) is 0 Å². The second-order valence-corrected chi connectivity index (χ2v) is 7.45. The second kappa shape index (κ2) is 9.29. The van der Waals surface area contributed by atoms with Gasteiger partial charge in [-0.15, -0.1) is 0 Å². The number of carbonyl (C=O) groups is 1. The molecule has 29 heavy (non-hydrogen) atoms. The molecule has 0 fully saturated rings. The number of hydrogen-bond donors (Lipinski definition) is 2. The van der Waals surface area contributed by atoms with Crippen LogP contribution in [0.1, 0.15) is 6.92 Å². The number of ether oxygens (including phenoxy) is 2. The summed E-state index contributed by atoms with van der Waals surface area (Å²) >= 11 is 1.17. The smallest absolute Gasteiger partial charge is 0.252 e. The molecule has 2 N–H and O–H groups in total. The van der Waals surface area contributed by atoms with Crippen molar-refractivity contribution in [3.05, 3.63) is 65.0 Å². The van der Waals surface area contributed by atoms with Crippen LogP contribution in [0.25, 0.3) is 11.3 Å². The zero-order valence-corrected chi connectivity index (χ0v) is 17.1. The first-order valence-corrected chi connectivity index (χ1v) is 9.74. The van der Waals surface area contributed by atoms with Crippen LogP contribution in [-0.4, -0.2) is 35.3 Å². The fourth-order valence-electron chi connectivity index (χ4n) is 2.61. The van der Waals surface area contributed by atoms with Crippen molar-refractivity contribution >= 4 is 23.4 Å². The van der Waals surface area contributed by atoms with E-state index in [-0.39, 0.29) is 11.5 Å². The Morgan fingerprint density at radius 2 is 1.86 bits per heavy atom. The Hall–Kier alpha value is -3.26. The molecule has 3 aromatic rings. The average molecular weight is 411 g/mol. The molecule has 1 heterocycles. The van der Waals surface area contributed by atoms with Gasteiger partial charge in [-0.05, 0) is 19.1 Å². The fraction of sp³-hybridized carbons (Fsp3) is 0.190. The number of benzene rings is 2. The lowest BCUT2D eigenvalue weighted by Crippen LogP contribution is -2.23. The maximum absolute atomic E-state index is 12.7. The van der Waals surface area contributed by atoms with Crippen LogP contribution in [0.5, 0.6) is 11.5 Å². The van der Waals surface area contributed by atoms with E-state index in [9.17, 15) is 9.59 Å². The molecule has 0 saturated heterocycles. The molecule has 0 radical (unpaired) electrons. The molecule has 8 heteroatoms. The summed E-state index contributed by atoms with van der Waals surface area (Å²) in [6, 6.07) is 16.0. The van der Waals surface area contributed by atoms with Crippen LogP contribution >= 0.6 is 11.8 Å². The molecule has 0 bridgehead atoms. The molecule has 7 nitrogen and oxygen atoms in total. The van der Waals surface area contributed by atoms with Crippen molar-refractivity contribution in [1.29, 1.82) is 0 Å².